The van der Waals surface area contributed by atoms with Gasteiger partial charge in [-0.3, -0.25) is 0 Å². The molecule has 0 atom stereocenters. The molecule has 1 N–H and O–H groups in total. The quantitative estimate of drug-likeness (QED) is 0.132. The number of nitrogens with one attached hydrogen (secondary N) is 1. The first-order chi connectivity index (χ1) is 17.8. The summed E-state index contributed by atoms with van der Waals surface area (Å²) in [6.07, 6.45) is 20.4. The lowest BCUT2D eigenvalue weighted by atomic mass is 9.82. The van der Waals surface area contributed by atoms with E-state index in [0.717, 1.165) is 70.7 Å². The van der Waals surface area contributed by atoms with Crippen molar-refractivity contribution < 1.29 is 4.74 Å². The summed E-state index contributed by atoms with van der Waals surface area (Å²) in [7, 11) is 1.60. The summed E-state index contributed by atoms with van der Waals surface area (Å²) in [5.41, 5.74) is 9.60. The summed E-state index contributed by atoms with van der Waals surface area (Å²) in [6.45, 7) is 19.0. The molecular weight excluding hydrogens is 472 g/mol. The Morgan fingerprint density at radius 2 is 2.08 bits per heavy atom. The highest BCUT2D eigenvalue weighted by atomic mass is 32.1. The predicted octanol–water partition coefficient (Wildman–Crippen LogP) is 8.52. The summed E-state index contributed by atoms with van der Waals surface area (Å²) in [4.78, 5) is 5.78. The van der Waals surface area contributed by atoms with Crippen LogP contribution in [0.25, 0.3) is 6.08 Å². The Labute approximate surface area is 227 Å². The van der Waals surface area contributed by atoms with Gasteiger partial charge >= 0.3 is 0 Å². The number of ether oxygens (including phenoxy) is 1. The molecule has 0 saturated heterocycles. The molecule has 2 aliphatic carbocycles. The Morgan fingerprint density at radius 1 is 1.27 bits per heavy atom. The first-order valence-electron chi connectivity index (χ1n) is 12.7. The van der Waals surface area contributed by atoms with Crippen LogP contribution < -0.4 is 5.32 Å². The molecule has 4 heteroatoms. The van der Waals surface area contributed by atoms with E-state index in [4.69, 9.17) is 4.74 Å². The minimum absolute atomic E-state index is 0.547. The van der Waals surface area contributed by atoms with Crippen LogP contribution in [0.3, 0.4) is 0 Å². The van der Waals surface area contributed by atoms with Gasteiger partial charge in [-0.05, 0) is 93.2 Å². The molecule has 0 fully saturated rings. The zero-order chi connectivity index (χ0) is 26.8. The average Bonchev–Trinajstić information content (AvgIpc) is 3.19. The van der Waals surface area contributed by atoms with Crippen molar-refractivity contribution in [2.24, 2.45) is 0 Å². The molecule has 0 bridgehead atoms. The maximum absolute atomic E-state index is 4.99. The SMILES string of the molecule is C=C(N/C=C/CCCC1=CC(C)=C(C(=C)/C(C)=C/c2cnc(CC3=CC=C(C)CC#C3)s2)C(=C)C1)OC. The van der Waals surface area contributed by atoms with Gasteiger partial charge in [0.05, 0.1) is 12.1 Å². The molecule has 3 nitrogen and oxygen atoms in total. The van der Waals surface area contributed by atoms with Gasteiger partial charge in [-0.25, -0.2) is 4.98 Å². The standard InChI is InChI=1S/C33H38N2OS/c1-23-12-11-14-29(16-15-23)21-32-35-22-31(37-32)20-24(2)27(5)33-25(3)18-30(19-26(33)4)13-9-8-10-17-34-28(6)36-7/h10,15-17,19-20,22,34H,3,5-6,8-9,12-13,18,21H2,1-2,4,7H3/b17-10+,24-20+. The molecule has 0 amide bonds. The van der Waals surface area contributed by atoms with Gasteiger partial charge in [0.2, 0.25) is 0 Å². The van der Waals surface area contributed by atoms with Crippen molar-refractivity contribution in [2.45, 2.75) is 59.3 Å². The van der Waals surface area contributed by atoms with Crippen LogP contribution in [0.2, 0.25) is 0 Å². The molecule has 0 saturated carbocycles. The van der Waals surface area contributed by atoms with E-state index in [0.29, 0.717) is 5.88 Å². The maximum atomic E-state index is 4.99. The molecule has 1 heterocycles. The van der Waals surface area contributed by atoms with Crippen molar-refractivity contribution >= 4 is 17.4 Å². The molecule has 37 heavy (non-hydrogen) atoms. The minimum atomic E-state index is 0.547. The number of rotatable bonds is 12. The molecule has 0 radical (unpaired) electrons. The normalized spacial score (nSPS) is 15.9. The second kappa shape index (κ2) is 13.7. The molecule has 3 rings (SSSR count). The Balaban J connectivity index is 1.61. The van der Waals surface area contributed by atoms with Gasteiger partial charge in [0.15, 0.2) is 5.88 Å². The van der Waals surface area contributed by atoms with Crippen LogP contribution in [0.15, 0.2) is 107 Å². The number of hydrogen-bond donors (Lipinski definition) is 1. The van der Waals surface area contributed by atoms with E-state index in [-0.39, 0.29) is 0 Å². The van der Waals surface area contributed by atoms with Crippen LogP contribution in [-0.4, -0.2) is 12.1 Å². The summed E-state index contributed by atoms with van der Waals surface area (Å²) in [5.74, 6) is 7.05. The topological polar surface area (TPSA) is 34.2 Å². The Morgan fingerprint density at radius 3 is 2.84 bits per heavy atom. The van der Waals surface area contributed by atoms with Gasteiger partial charge in [-0.1, -0.05) is 60.4 Å². The van der Waals surface area contributed by atoms with E-state index in [1.54, 1.807) is 18.4 Å². The van der Waals surface area contributed by atoms with Crippen molar-refractivity contribution in [2.75, 3.05) is 7.11 Å². The molecule has 0 aromatic carbocycles. The molecule has 0 aliphatic heterocycles. The summed E-state index contributed by atoms with van der Waals surface area (Å²) in [5, 5.41) is 4.07. The van der Waals surface area contributed by atoms with Crippen molar-refractivity contribution in [3.05, 3.63) is 117 Å². The number of unbranched alkanes of at least 4 members (excludes halogenated alkanes) is 1. The van der Waals surface area contributed by atoms with E-state index >= 15 is 0 Å². The number of hydrogen-bond acceptors (Lipinski definition) is 4. The molecule has 0 spiro atoms. The van der Waals surface area contributed by atoms with Crippen molar-refractivity contribution in [1.29, 1.82) is 0 Å². The molecule has 2 aliphatic rings. The van der Waals surface area contributed by atoms with Gasteiger partial charge < -0.3 is 10.1 Å². The highest BCUT2D eigenvalue weighted by molar-refractivity contribution is 7.12. The monoisotopic (exact) mass is 510 g/mol. The van der Waals surface area contributed by atoms with E-state index in [1.807, 2.05) is 12.4 Å². The van der Waals surface area contributed by atoms with Gasteiger partial charge in [-0.2, -0.15) is 0 Å². The maximum Gasteiger partial charge on any atom is 0.182 e. The minimum Gasteiger partial charge on any atom is -0.483 e. The van der Waals surface area contributed by atoms with Crippen LogP contribution in [0.1, 0.15) is 62.8 Å². The Kier molecular flexibility index (Phi) is 10.4. The first-order valence-corrected chi connectivity index (χ1v) is 13.5. The lowest BCUT2D eigenvalue weighted by Crippen LogP contribution is -2.05. The van der Waals surface area contributed by atoms with Crippen LogP contribution in [-0.2, 0) is 11.2 Å². The third-order valence-electron chi connectivity index (χ3n) is 6.32. The largest absolute Gasteiger partial charge is 0.483 e. The van der Waals surface area contributed by atoms with E-state index < -0.39 is 0 Å². The Bertz CT molecular complexity index is 1310. The molecular formula is C33H38N2OS. The summed E-state index contributed by atoms with van der Waals surface area (Å²) < 4.78 is 4.99. The average molecular weight is 511 g/mol. The highest BCUT2D eigenvalue weighted by Crippen LogP contribution is 2.37. The van der Waals surface area contributed by atoms with Crippen LogP contribution >= 0.6 is 11.3 Å². The zero-order valence-electron chi connectivity index (χ0n) is 22.7. The summed E-state index contributed by atoms with van der Waals surface area (Å²) >= 11 is 1.72. The molecule has 1 aromatic heterocycles. The number of aromatic nitrogens is 1. The second-order valence-corrected chi connectivity index (χ2v) is 10.7. The van der Waals surface area contributed by atoms with E-state index in [1.165, 1.54) is 22.3 Å². The van der Waals surface area contributed by atoms with Gasteiger partial charge in [0.25, 0.3) is 0 Å². The van der Waals surface area contributed by atoms with Crippen molar-refractivity contribution in [3.63, 3.8) is 0 Å². The number of allylic oxidation sites excluding steroid dienone is 12. The molecule has 1 aromatic rings. The smallest absolute Gasteiger partial charge is 0.182 e. The van der Waals surface area contributed by atoms with Crippen LogP contribution in [0.5, 0.6) is 0 Å². The fourth-order valence-electron chi connectivity index (χ4n) is 4.30. The number of thiazole rings is 1. The van der Waals surface area contributed by atoms with Crippen LogP contribution in [0.4, 0.5) is 0 Å². The van der Waals surface area contributed by atoms with E-state index in [2.05, 4.69) is 93.0 Å². The predicted molar refractivity (Wildman–Crippen MR) is 160 cm³/mol. The lowest BCUT2D eigenvalue weighted by molar-refractivity contribution is 0.274. The second-order valence-electron chi connectivity index (χ2n) is 9.53. The first kappa shape index (κ1) is 28.0. The number of nitrogens with zero attached hydrogens (tertiary/aromatic N) is 1. The fraction of sp³-hybridized carbons (Fsp3) is 0.303. The summed E-state index contributed by atoms with van der Waals surface area (Å²) in [6, 6.07) is 0. The van der Waals surface area contributed by atoms with Gasteiger partial charge in [0, 0.05) is 29.5 Å². The Hall–Kier alpha value is -3.55. The van der Waals surface area contributed by atoms with Crippen molar-refractivity contribution in [3.8, 4) is 11.8 Å². The third kappa shape index (κ3) is 8.51. The fourth-order valence-corrected chi connectivity index (χ4v) is 5.25. The van der Waals surface area contributed by atoms with Gasteiger partial charge in [0.1, 0.15) is 0 Å². The molecule has 192 valence electrons. The van der Waals surface area contributed by atoms with Crippen molar-refractivity contribution in [1.82, 2.24) is 10.3 Å². The molecule has 0 unspecified atom stereocenters. The third-order valence-corrected chi connectivity index (χ3v) is 7.27. The van der Waals surface area contributed by atoms with Gasteiger partial charge in [-0.15, -0.1) is 11.3 Å². The lowest BCUT2D eigenvalue weighted by Gasteiger charge is -2.23. The van der Waals surface area contributed by atoms with E-state index in [9.17, 15) is 0 Å². The number of methoxy groups -OCH3 is 1. The zero-order valence-corrected chi connectivity index (χ0v) is 23.5. The highest BCUT2D eigenvalue weighted by Gasteiger charge is 2.18. The van der Waals surface area contributed by atoms with Crippen LogP contribution in [0, 0.1) is 11.8 Å².